The fraction of sp³-hybridized carbons (Fsp3) is 0.348. The number of benzene rings is 2. The van der Waals surface area contributed by atoms with Gasteiger partial charge < -0.3 is 20.6 Å². The van der Waals surface area contributed by atoms with Gasteiger partial charge >= 0.3 is 6.03 Å². The Morgan fingerprint density at radius 3 is 2.55 bits per heavy atom. The molecule has 2 atom stereocenters. The van der Waals surface area contributed by atoms with E-state index in [0.717, 1.165) is 18.4 Å². The van der Waals surface area contributed by atoms with Gasteiger partial charge in [-0.05, 0) is 74.0 Å². The third-order valence-electron chi connectivity index (χ3n) is 5.10. The number of urea groups is 1. The van der Waals surface area contributed by atoms with Crippen molar-refractivity contribution >= 4 is 27.5 Å². The first kappa shape index (κ1) is 21.1. The molecule has 0 radical (unpaired) electrons. The third-order valence-corrected chi connectivity index (χ3v) is 6.11. The van der Waals surface area contributed by atoms with E-state index in [1.54, 1.807) is 23.5 Å². The van der Waals surface area contributed by atoms with Crippen LogP contribution in [0, 0.1) is 0 Å². The van der Waals surface area contributed by atoms with Crippen molar-refractivity contribution in [3.63, 3.8) is 0 Å². The van der Waals surface area contributed by atoms with Crippen LogP contribution in [0.2, 0.25) is 0 Å². The summed E-state index contributed by atoms with van der Waals surface area (Å²) in [7, 11) is 4.02. The van der Waals surface area contributed by atoms with Crippen LogP contribution >= 0.6 is 11.3 Å². The Labute approximate surface area is 176 Å². The number of carbonyl (C=O) groups excluding carboxylic acids is 1. The second-order valence-corrected chi connectivity index (χ2v) is 8.62. The van der Waals surface area contributed by atoms with Crippen molar-refractivity contribution in [1.29, 1.82) is 0 Å². The van der Waals surface area contributed by atoms with Gasteiger partial charge in [0, 0.05) is 23.3 Å². The third kappa shape index (κ3) is 5.95. The lowest BCUT2D eigenvalue weighted by atomic mass is 10.0. The quantitative estimate of drug-likeness (QED) is 0.525. The van der Waals surface area contributed by atoms with Crippen LogP contribution in [0.4, 0.5) is 4.79 Å². The maximum atomic E-state index is 12.4. The molecule has 154 valence electrons. The predicted octanol–water partition coefficient (Wildman–Crippen LogP) is 4.01. The molecule has 6 heteroatoms. The average molecular weight is 412 g/mol. The summed E-state index contributed by atoms with van der Waals surface area (Å²) in [6.45, 7) is 2.58. The number of hydrogen-bond donors (Lipinski definition) is 3. The van der Waals surface area contributed by atoms with Gasteiger partial charge in [-0.25, -0.2) is 4.79 Å². The molecule has 2 aromatic carbocycles. The molecule has 5 nitrogen and oxygen atoms in total. The lowest BCUT2D eigenvalue weighted by molar-refractivity contribution is 0.229. The summed E-state index contributed by atoms with van der Waals surface area (Å²) in [6, 6.07) is 15.7. The van der Waals surface area contributed by atoms with Crippen molar-refractivity contribution < 1.29 is 9.90 Å². The second kappa shape index (κ2) is 9.76. The number of rotatable bonds is 8. The fourth-order valence-electron chi connectivity index (χ4n) is 3.40. The summed E-state index contributed by atoms with van der Waals surface area (Å²) in [6.07, 6.45) is 1.60. The Hall–Kier alpha value is -2.57. The lowest BCUT2D eigenvalue weighted by Crippen LogP contribution is -2.47. The van der Waals surface area contributed by atoms with Crippen LogP contribution in [0.5, 0.6) is 5.75 Å². The van der Waals surface area contributed by atoms with E-state index >= 15 is 0 Å². The van der Waals surface area contributed by atoms with E-state index in [9.17, 15) is 9.90 Å². The molecule has 3 aromatic rings. The van der Waals surface area contributed by atoms with E-state index in [1.807, 2.05) is 33.2 Å². The highest BCUT2D eigenvalue weighted by molar-refractivity contribution is 7.17. The number of fused-ring (bicyclic) bond motifs is 1. The number of thiophene rings is 1. The lowest BCUT2D eigenvalue weighted by Gasteiger charge is -2.25. The maximum Gasteiger partial charge on any atom is 0.315 e. The van der Waals surface area contributed by atoms with Crippen molar-refractivity contribution in [2.24, 2.45) is 0 Å². The monoisotopic (exact) mass is 411 g/mol. The first-order valence-corrected chi connectivity index (χ1v) is 10.7. The Kier molecular flexibility index (Phi) is 7.12. The van der Waals surface area contributed by atoms with Crippen LogP contribution in [-0.2, 0) is 12.8 Å². The van der Waals surface area contributed by atoms with Gasteiger partial charge in [-0.3, -0.25) is 0 Å². The topological polar surface area (TPSA) is 64.6 Å². The largest absolute Gasteiger partial charge is 0.508 e. The molecule has 0 saturated carbocycles. The maximum absolute atomic E-state index is 12.4. The van der Waals surface area contributed by atoms with Gasteiger partial charge in [0.05, 0.1) is 0 Å². The van der Waals surface area contributed by atoms with E-state index in [2.05, 4.69) is 45.2 Å². The molecule has 3 N–H and O–H groups in total. The molecule has 2 amide bonds. The van der Waals surface area contributed by atoms with E-state index in [-0.39, 0.29) is 23.9 Å². The highest BCUT2D eigenvalue weighted by atomic mass is 32.1. The van der Waals surface area contributed by atoms with Crippen molar-refractivity contribution in [3.8, 4) is 5.75 Å². The van der Waals surface area contributed by atoms with Gasteiger partial charge in [-0.15, -0.1) is 11.3 Å². The molecule has 0 aliphatic heterocycles. The Bertz CT molecular complexity index is 937. The van der Waals surface area contributed by atoms with E-state index in [1.165, 1.54) is 15.6 Å². The minimum absolute atomic E-state index is 0.0444. The van der Waals surface area contributed by atoms with Crippen molar-refractivity contribution in [2.45, 2.75) is 31.8 Å². The summed E-state index contributed by atoms with van der Waals surface area (Å²) >= 11 is 1.74. The molecular formula is C23H29N3O2S. The number of aromatic hydroxyl groups is 1. The number of nitrogens with one attached hydrogen (secondary N) is 2. The van der Waals surface area contributed by atoms with E-state index in [4.69, 9.17) is 0 Å². The minimum Gasteiger partial charge on any atom is -0.508 e. The Morgan fingerprint density at radius 2 is 1.83 bits per heavy atom. The second-order valence-electron chi connectivity index (χ2n) is 7.70. The molecule has 0 aliphatic rings. The predicted molar refractivity (Wildman–Crippen MR) is 121 cm³/mol. The first-order chi connectivity index (χ1) is 13.9. The molecule has 29 heavy (non-hydrogen) atoms. The van der Waals surface area contributed by atoms with Gasteiger partial charge in [0.25, 0.3) is 0 Å². The minimum atomic E-state index is -0.144. The highest BCUT2D eigenvalue weighted by Crippen LogP contribution is 2.26. The van der Waals surface area contributed by atoms with Crippen LogP contribution < -0.4 is 10.6 Å². The van der Waals surface area contributed by atoms with Crippen LogP contribution in [-0.4, -0.2) is 48.8 Å². The molecule has 0 bridgehead atoms. The first-order valence-electron chi connectivity index (χ1n) is 9.86. The molecule has 0 aliphatic carbocycles. The summed E-state index contributed by atoms with van der Waals surface area (Å²) in [4.78, 5) is 14.5. The van der Waals surface area contributed by atoms with Crippen LogP contribution in [0.15, 0.2) is 53.9 Å². The van der Waals surface area contributed by atoms with Gasteiger partial charge in [0.15, 0.2) is 0 Å². The van der Waals surface area contributed by atoms with Gasteiger partial charge in [0.1, 0.15) is 5.75 Å². The van der Waals surface area contributed by atoms with E-state index < -0.39 is 0 Å². The number of carbonyl (C=O) groups is 1. The fourth-order valence-corrected chi connectivity index (χ4v) is 4.37. The zero-order valence-electron chi connectivity index (χ0n) is 17.2. The molecule has 2 unspecified atom stereocenters. The van der Waals surface area contributed by atoms with Crippen LogP contribution in [0.25, 0.3) is 10.1 Å². The van der Waals surface area contributed by atoms with Gasteiger partial charge in [0.2, 0.25) is 0 Å². The number of amides is 2. The normalized spacial score (nSPS) is 13.4. The molecule has 0 fully saturated rings. The number of hydrogen-bond acceptors (Lipinski definition) is 4. The zero-order valence-corrected chi connectivity index (χ0v) is 18.0. The smallest absolute Gasteiger partial charge is 0.315 e. The number of nitrogens with zero attached hydrogens (tertiary/aromatic N) is 1. The summed E-state index contributed by atoms with van der Waals surface area (Å²) in [5.74, 6) is 0.264. The Morgan fingerprint density at radius 1 is 1.10 bits per heavy atom. The SMILES string of the molecule is CC(Cc1csc2ccccc12)NC(=O)NCC(Cc1ccc(O)cc1)N(C)C. The number of phenols is 1. The van der Waals surface area contributed by atoms with Crippen molar-refractivity contribution in [3.05, 3.63) is 65.0 Å². The molecule has 3 rings (SSSR count). The number of likely N-dealkylation sites (N-methyl/N-ethyl adjacent to an activating group) is 1. The molecule has 0 saturated heterocycles. The number of phenolic OH excluding ortho intramolecular Hbond substituents is 1. The van der Waals surface area contributed by atoms with Crippen LogP contribution in [0.3, 0.4) is 0 Å². The standard InChI is InChI=1S/C23H29N3O2S/c1-16(12-18-15-29-22-7-5-4-6-21(18)22)25-23(28)24-14-19(26(2)3)13-17-8-10-20(27)11-9-17/h4-11,15-16,19,27H,12-14H2,1-3H3,(H2,24,25,28). The van der Waals surface area contributed by atoms with Gasteiger partial charge in [-0.1, -0.05) is 30.3 Å². The summed E-state index contributed by atoms with van der Waals surface area (Å²) in [5.41, 5.74) is 2.40. The molecule has 0 spiro atoms. The van der Waals surface area contributed by atoms with Crippen LogP contribution in [0.1, 0.15) is 18.1 Å². The summed E-state index contributed by atoms with van der Waals surface area (Å²) in [5, 5.41) is 18.9. The molecular weight excluding hydrogens is 382 g/mol. The van der Waals surface area contributed by atoms with Crippen molar-refractivity contribution in [2.75, 3.05) is 20.6 Å². The Balaban J connectivity index is 1.50. The van der Waals surface area contributed by atoms with Crippen molar-refractivity contribution in [1.82, 2.24) is 15.5 Å². The average Bonchev–Trinajstić information content (AvgIpc) is 3.09. The zero-order chi connectivity index (χ0) is 20.8. The molecule has 1 aromatic heterocycles. The van der Waals surface area contributed by atoms with E-state index in [0.29, 0.717) is 6.54 Å². The molecule has 1 heterocycles. The summed E-state index contributed by atoms with van der Waals surface area (Å²) < 4.78 is 1.28. The highest BCUT2D eigenvalue weighted by Gasteiger charge is 2.15. The van der Waals surface area contributed by atoms with Gasteiger partial charge in [-0.2, -0.15) is 0 Å².